The maximum Gasteiger partial charge on any atom is 0.303 e. The number of ether oxygens (including phenoxy) is 1. The van der Waals surface area contributed by atoms with Crippen LogP contribution >= 0.6 is 0 Å². The highest BCUT2D eigenvalue weighted by molar-refractivity contribution is 6.01. The Hall–Kier alpha value is -1.87. The van der Waals surface area contributed by atoms with Crippen molar-refractivity contribution >= 4 is 17.5 Å². The van der Waals surface area contributed by atoms with Crippen LogP contribution in [-0.4, -0.2) is 58.8 Å². The largest absolute Gasteiger partial charge is 0.458 e. The number of fused-ring (bicyclic) bond motifs is 7. The lowest BCUT2D eigenvalue weighted by atomic mass is 9.46. The maximum absolute atomic E-state index is 13.8. The Morgan fingerprint density at radius 3 is 2.80 bits per heavy atom. The summed E-state index contributed by atoms with van der Waals surface area (Å²) in [6.45, 7) is 7.69. The number of hydrogen-bond donors (Lipinski definition) is 1. The molecule has 3 saturated carbocycles. The molecule has 35 heavy (non-hydrogen) atoms. The van der Waals surface area contributed by atoms with Gasteiger partial charge in [0.1, 0.15) is 6.10 Å². The molecule has 8 heteroatoms. The van der Waals surface area contributed by atoms with Crippen LogP contribution in [-0.2, 0) is 28.8 Å². The van der Waals surface area contributed by atoms with E-state index in [9.17, 15) is 19.5 Å². The molecule has 8 atom stereocenters. The molecule has 0 aromatic carbocycles. The molecule has 0 aromatic rings. The third-order valence-corrected chi connectivity index (χ3v) is 9.66. The summed E-state index contributed by atoms with van der Waals surface area (Å²) in [6.07, 6.45) is 8.59. The Bertz CT molecular complexity index is 990. The van der Waals surface area contributed by atoms with Crippen molar-refractivity contribution in [2.24, 2.45) is 28.6 Å². The molecular formula is C27H37NO7. The van der Waals surface area contributed by atoms with Crippen LogP contribution in [0.4, 0.5) is 0 Å². The van der Waals surface area contributed by atoms with E-state index in [2.05, 4.69) is 13.8 Å². The number of hydrogen-bond acceptors (Lipinski definition) is 8. The van der Waals surface area contributed by atoms with Gasteiger partial charge in [-0.15, -0.1) is 0 Å². The Kier molecular flexibility index (Phi) is 6.10. The van der Waals surface area contributed by atoms with Gasteiger partial charge >= 0.3 is 5.97 Å². The van der Waals surface area contributed by atoms with Crippen molar-refractivity contribution in [2.75, 3.05) is 13.2 Å². The van der Waals surface area contributed by atoms with Gasteiger partial charge in [-0.1, -0.05) is 44.1 Å². The summed E-state index contributed by atoms with van der Waals surface area (Å²) in [5, 5.41) is 13.1. The van der Waals surface area contributed by atoms with E-state index in [0.717, 1.165) is 31.3 Å². The molecular weight excluding hydrogens is 450 g/mol. The molecule has 4 fully saturated rings. The number of aliphatic hydroxyl groups excluding tert-OH is 1. The van der Waals surface area contributed by atoms with Gasteiger partial charge in [0.15, 0.2) is 18.0 Å². The maximum atomic E-state index is 13.8. The minimum absolute atomic E-state index is 0.00505. The van der Waals surface area contributed by atoms with Crippen LogP contribution in [0.5, 0.6) is 0 Å². The summed E-state index contributed by atoms with van der Waals surface area (Å²) in [7, 11) is 0. The molecule has 0 amide bonds. The van der Waals surface area contributed by atoms with Crippen molar-refractivity contribution in [1.82, 2.24) is 5.23 Å². The molecule has 4 aliphatic carbocycles. The van der Waals surface area contributed by atoms with Crippen LogP contribution in [0.2, 0.25) is 0 Å². The molecule has 1 N–H and O–H groups in total. The number of carbonyl (C=O) groups excluding carboxylic acids is 3. The van der Waals surface area contributed by atoms with Crippen molar-refractivity contribution in [2.45, 2.75) is 84.0 Å². The van der Waals surface area contributed by atoms with E-state index in [1.807, 2.05) is 13.0 Å². The van der Waals surface area contributed by atoms with Crippen LogP contribution in [0, 0.1) is 28.6 Å². The van der Waals surface area contributed by atoms with Gasteiger partial charge in [0.05, 0.1) is 12.6 Å². The number of Topliss-reactive ketones (excluding diaryl/α,β-unsaturated/α-hetero) is 1. The first-order valence-electron chi connectivity index (χ1n) is 13.0. The molecule has 1 heterocycles. The summed E-state index contributed by atoms with van der Waals surface area (Å²) < 4.78 is 5.14. The summed E-state index contributed by atoms with van der Waals surface area (Å²) in [5.74, 6) is -0.650. The molecule has 0 bridgehead atoms. The molecule has 8 nitrogen and oxygen atoms in total. The molecule has 5 unspecified atom stereocenters. The van der Waals surface area contributed by atoms with Crippen molar-refractivity contribution in [3.63, 3.8) is 0 Å². The van der Waals surface area contributed by atoms with Gasteiger partial charge in [-0.25, -0.2) is 0 Å². The standard InChI is InChI=1S/C27H37NO7/c1-5-6-11-28-34-23-13-20-19-8-7-17-12-18(30)9-10-25(17,3)24(19)21(31)14-26(20,4)27(23,35-28)22(32)15-33-16(2)29/h9-10,12,19-21,23-24,31H,5-8,11,13-15H2,1-4H3/t19?,20?,21-,23?,24?,25-,26-,27?/m0/s1. The summed E-state index contributed by atoms with van der Waals surface area (Å²) in [4.78, 5) is 50.0. The number of allylic oxidation sites excluding steroid dienone is 4. The average Bonchev–Trinajstić information content (AvgIpc) is 3.28. The van der Waals surface area contributed by atoms with E-state index in [1.165, 1.54) is 12.2 Å². The van der Waals surface area contributed by atoms with E-state index in [0.29, 0.717) is 19.4 Å². The van der Waals surface area contributed by atoms with Gasteiger partial charge in [-0.3, -0.25) is 24.1 Å². The zero-order chi connectivity index (χ0) is 25.2. The first-order chi connectivity index (χ1) is 16.6. The molecule has 0 spiro atoms. The number of aliphatic hydroxyl groups is 1. The second-order valence-electron chi connectivity index (χ2n) is 11.5. The smallest absolute Gasteiger partial charge is 0.303 e. The van der Waals surface area contributed by atoms with E-state index in [4.69, 9.17) is 14.4 Å². The van der Waals surface area contributed by atoms with Crippen LogP contribution in [0.15, 0.2) is 23.8 Å². The Balaban J connectivity index is 1.52. The van der Waals surface area contributed by atoms with Gasteiger partial charge in [0.25, 0.3) is 0 Å². The minimum atomic E-state index is -1.32. The number of rotatable bonds is 6. The van der Waals surface area contributed by atoms with Crippen LogP contribution in [0.25, 0.3) is 0 Å². The van der Waals surface area contributed by atoms with E-state index < -0.39 is 29.2 Å². The average molecular weight is 488 g/mol. The van der Waals surface area contributed by atoms with Crippen molar-refractivity contribution < 1.29 is 33.9 Å². The van der Waals surface area contributed by atoms with Gasteiger partial charge in [0, 0.05) is 23.7 Å². The summed E-state index contributed by atoms with van der Waals surface area (Å²) in [5.41, 5.74) is -1.31. The predicted octanol–water partition coefficient (Wildman–Crippen LogP) is 3.09. The second kappa shape index (κ2) is 8.61. The number of carbonyl (C=O) groups is 3. The predicted molar refractivity (Wildman–Crippen MR) is 125 cm³/mol. The van der Waals surface area contributed by atoms with E-state index in [1.54, 1.807) is 12.2 Å². The molecule has 1 saturated heterocycles. The third-order valence-electron chi connectivity index (χ3n) is 9.66. The van der Waals surface area contributed by atoms with Crippen LogP contribution in [0.1, 0.15) is 66.2 Å². The van der Waals surface area contributed by atoms with Crippen molar-refractivity contribution in [3.8, 4) is 0 Å². The highest BCUT2D eigenvalue weighted by atomic mass is 17.0. The van der Waals surface area contributed by atoms with Gasteiger partial charge in [-0.2, -0.15) is 0 Å². The van der Waals surface area contributed by atoms with Crippen LogP contribution < -0.4 is 0 Å². The van der Waals surface area contributed by atoms with Crippen LogP contribution in [0.3, 0.4) is 0 Å². The zero-order valence-corrected chi connectivity index (χ0v) is 21.1. The molecule has 5 rings (SSSR count). The zero-order valence-electron chi connectivity index (χ0n) is 21.1. The van der Waals surface area contributed by atoms with E-state index >= 15 is 0 Å². The second-order valence-corrected chi connectivity index (χ2v) is 11.5. The Morgan fingerprint density at radius 1 is 1.31 bits per heavy atom. The number of hydroxylamine groups is 2. The number of unbranched alkanes of at least 4 members (excludes halogenated alkanes) is 1. The van der Waals surface area contributed by atoms with Crippen molar-refractivity contribution in [1.29, 1.82) is 0 Å². The third kappa shape index (κ3) is 3.51. The lowest BCUT2D eigenvalue weighted by Gasteiger charge is -2.59. The fourth-order valence-electron chi connectivity index (χ4n) is 8.11. The van der Waals surface area contributed by atoms with Gasteiger partial charge in [-0.05, 0) is 56.1 Å². The van der Waals surface area contributed by atoms with Gasteiger partial charge in [0.2, 0.25) is 5.78 Å². The molecule has 1 aliphatic heterocycles. The van der Waals surface area contributed by atoms with Gasteiger partial charge < -0.3 is 9.84 Å². The molecule has 0 radical (unpaired) electrons. The normalized spacial score (nSPS) is 44.2. The topological polar surface area (TPSA) is 102 Å². The number of ketones is 2. The van der Waals surface area contributed by atoms with E-state index in [-0.39, 0.29) is 41.3 Å². The molecule has 5 aliphatic rings. The first-order valence-corrected chi connectivity index (χ1v) is 13.0. The minimum Gasteiger partial charge on any atom is -0.458 e. The lowest BCUT2D eigenvalue weighted by Crippen LogP contribution is -2.63. The Labute approximate surface area is 206 Å². The fraction of sp³-hybridized carbons (Fsp3) is 0.741. The quantitative estimate of drug-likeness (QED) is 0.571. The summed E-state index contributed by atoms with van der Waals surface area (Å²) in [6, 6.07) is 0. The SMILES string of the molecule is CCCCN1OC2CC3C4CCC5=CC(=O)C=C[C@]5(C)C4[C@@H](O)C[C@]3(C)C2(C(=O)COC(C)=O)O1. The Morgan fingerprint density at radius 2 is 2.09 bits per heavy atom. The lowest BCUT2D eigenvalue weighted by molar-refractivity contribution is -0.343. The monoisotopic (exact) mass is 487 g/mol. The number of nitrogens with zero attached hydrogens (tertiary/aromatic N) is 1. The number of esters is 1. The molecule has 0 aromatic heterocycles. The summed E-state index contributed by atoms with van der Waals surface area (Å²) >= 11 is 0. The highest BCUT2D eigenvalue weighted by Gasteiger charge is 2.76. The van der Waals surface area contributed by atoms with Crippen molar-refractivity contribution in [3.05, 3.63) is 23.8 Å². The highest BCUT2D eigenvalue weighted by Crippen LogP contribution is 2.69. The molecule has 192 valence electrons. The fourth-order valence-corrected chi connectivity index (χ4v) is 8.11. The first kappa shape index (κ1) is 24.8.